The maximum Gasteiger partial charge on any atom is 0.0587 e. The van der Waals surface area contributed by atoms with E-state index in [1.54, 1.807) is 0 Å². The third-order valence-electron chi connectivity index (χ3n) is 1.91. The quantitative estimate of drug-likeness (QED) is 0.481. The first-order chi connectivity index (χ1) is 4.88. The molecule has 0 aromatic rings. The summed E-state index contributed by atoms with van der Waals surface area (Å²) in [5.74, 6) is 0.663. The minimum Gasteiger partial charge on any atom is -0.395 e. The molecule has 3 N–H and O–H groups in total. The Morgan fingerprint density at radius 3 is 2.50 bits per heavy atom. The van der Waals surface area contributed by atoms with Crippen molar-refractivity contribution in [3.8, 4) is 0 Å². The molecule has 1 atom stereocenters. The lowest BCUT2D eigenvalue weighted by Gasteiger charge is -2.13. The Bertz CT molecular complexity index is 93.6. The van der Waals surface area contributed by atoms with Crippen molar-refractivity contribution in [3.05, 3.63) is 0 Å². The molecule has 0 aromatic heterocycles. The maximum atomic E-state index is 8.82. The zero-order chi connectivity index (χ0) is 7.40. The molecule has 3 nitrogen and oxygen atoms in total. The van der Waals surface area contributed by atoms with Gasteiger partial charge in [-0.05, 0) is 18.8 Å². The first kappa shape index (κ1) is 7.98. The van der Waals surface area contributed by atoms with Gasteiger partial charge in [-0.2, -0.15) is 0 Å². The number of nitrogens with one attached hydrogen (secondary N) is 1. The SMILES string of the molecule is OCCNC(CO)C1CC1. The van der Waals surface area contributed by atoms with Crippen molar-refractivity contribution < 1.29 is 10.2 Å². The molecule has 0 aliphatic heterocycles. The van der Waals surface area contributed by atoms with E-state index in [1.807, 2.05) is 0 Å². The molecule has 0 amide bonds. The molecule has 0 radical (unpaired) electrons. The van der Waals surface area contributed by atoms with Crippen molar-refractivity contribution in [3.63, 3.8) is 0 Å². The van der Waals surface area contributed by atoms with Gasteiger partial charge in [0.2, 0.25) is 0 Å². The van der Waals surface area contributed by atoms with E-state index in [0.29, 0.717) is 12.5 Å². The van der Waals surface area contributed by atoms with Crippen LogP contribution in [-0.2, 0) is 0 Å². The molecule has 10 heavy (non-hydrogen) atoms. The van der Waals surface area contributed by atoms with E-state index in [9.17, 15) is 0 Å². The van der Waals surface area contributed by atoms with Crippen LogP contribution in [0, 0.1) is 5.92 Å². The lowest BCUT2D eigenvalue weighted by molar-refractivity contribution is 0.213. The van der Waals surface area contributed by atoms with E-state index < -0.39 is 0 Å². The number of hydrogen-bond donors (Lipinski definition) is 3. The molecule has 1 saturated carbocycles. The van der Waals surface area contributed by atoms with Crippen LogP contribution in [0.5, 0.6) is 0 Å². The number of rotatable bonds is 5. The van der Waals surface area contributed by atoms with Crippen molar-refractivity contribution >= 4 is 0 Å². The van der Waals surface area contributed by atoms with E-state index in [-0.39, 0.29) is 19.3 Å². The fraction of sp³-hybridized carbons (Fsp3) is 1.00. The van der Waals surface area contributed by atoms with Crippen LogP contribution >= 0.6 is 0 Å². The van der Waals surface area contributed by atoms with Gasteiger partial charge in [0.25, 0.3) is 0 Å². The number of hydrogen-bond acceptors (Lipinski definition) is 3. The Balaban J connectivity index is 2.07. The Labute approximate surface area is 61.1 Å². The van der Waals surface area contributed by atoms with Gasteiger partial charge in [0.05, 0.1) is 13.2 Å². The van der Waals surface area contributed by atoms with E-state index in [2.05, 4.69) is 5.32 Å². The fourth-order valence-electron chi connectivity index (χ4n) is 1.13. The summed E-state index contributed by atoms with van der Waals surface area (Å²) in [6.07, 6.45) is 2.45. The van der Waals surface area contributed by atoms with Crippen LogP contribution in [0.4, 0.5) is 0 Å². The molecular formula is C7H15NO2. The number of aliphatic hydroxyl groups is 2. The molecule has 1 aliphatic carbocycles. The highest BCUT2D eigenvalue weighted by atomic mass is 16.3. The molecule has 1 aliphatic rings. The first-order valence-corrected chi connectivity index (χ1v) is 3.83. The van der Waals surface area contributed by atoms with E-state index in [4.69, 9.17) is 10.2 Å². The van der Waals surface area contributed by atoms with Gasteiger partial charge in [0, 0.05) is 12.6 Å². The molecule has 1 fully saturated rings. The first-order valence-electron chi connectivity index (χ1n) is 3.83. The Morgan fingerprint density at radius 2 is 2.10 bits per heavy atom. The zero-order valence-electron chi connectivity index (χ0n) is 6.08. The summed E-state index contributed by atoms with van der Waals surface area (Å²) in [5, 5.41) is 20.4. The van der Waals surface area contributed by atoms with E-state index >= 15 is 0 Å². The van der Waals surface area contributed by atoms with Crippen LogP contribution in [0.1, 0.15) is 12.8 Å². The van der Waals surface area contributed by atoms with Crippen LogP contribution in [0.25, 0.3) is 0 Å². The fourth-order valence-corrected chi connectivity index (χ4v) is 1.13. The molecule has 0 saturated heterocycles. The highest BCUT2D eigenvalue weighted by Crippen LogP contribution is 2.32. The molecule has 1 unspecified atom stereocenters. The third kappa shape index (κ3) is 2.25. The molecule has 0 bridgehead atoms. The van der Waals surface area contributed by atoms with Crippen molar-refractivity contribution in [2.75, 3.05) is 19.8 Å². The molecule has 3 heteroatoms. The summed E-state index contributed by atoms with van der Waals surface area (Å²) in [7, 11) is 0. The van der Waals surface area contributed by atoms with Crippen molar-refractivity contribution in [2.24, 2.45) is 5.92 Å². The lowest BCUT2D eigenvalue weighted by atomic mass is 10.2. The average molecular weight is 145 g/mol. The highest BCUT2D eigenvalue weighted by molar-refractivity contribution is 4.85. The molecule has 60 valence electrons. The molecule has 1 rings (SSSR count). The van der Waals surface area contributed by atoms with E-state index in [1.165, 1.54) is 12.8 Å². The molecule has 0 heterocycles. The molecular weight excluding hydrogens is 130 g/mol. The van der Waals surface area contributed by atoms with Crippen LogP contribution in [0.15, 0.2) is 0 Å². The van der Waals surface area contributed by atoms with Gasteiger partial charge < -0.3 is 15.5 Å². The summed E-state index contributed by atoms with van der Waals surface area (Å²) < 4.78 is 0. The Kier molecular flexibility index (Phi) is 3.12. The van der Waals surface area contributed by atoms with Crippen LogP contribution in [0.3, 0.4) is 0 Å². The second-order valence-electron chi connectivity index (χ2n) is 2.80. The minimum atomic E-state index is 0.156. The van der Waals surface area contributed by atoms with Gasteiger partial charge in [-0.3, -0.25) is 0 Å². The molecule has 0 aromatic carbocycles. The number of aliphatic hydroxyl groups excluding tert-OH is 2. The summed E-state index contributed by atoms with van der Waals surface area (Å²) >= 11 is 0. The van der Waals surface area contributed by atoms with Crippen molar-refractivity contribution in [1.82, 2.24) is 5.32 Å². The standard InChI is InChI=1S/C7H15NO2/c9-4-3-8-7(5-10)6-1-2-6/h6-10H,1-5H2. The summed E-state index contributed by atoms with van der Waals surface area (Å²) in [4.78, 5) is 0. The third-order valence-corrected chi connectivity index (χ3v) is 1.91. The minimum absolute atomic E-state index is 0.156. The smallest absolute Gasteiger partial charge is 0.0587 e. The monoisotopic (exact) mass is 145 g/mol. The average Bonchev–Trinajstić information content (AvgIpc) is 2.73. The van der Waals surface area contributed by atoms with Gasteiger partial charge >= 0.3 is 0 Å². The Morgan fingerprint density at radius 1 is 1.40 bits per heavy atom. The summed E-state index contributed by atoms with van der Waals surface area (Å²) in [6, 6.07) is 0.229. The summed E-state index contributed by atoms with van der Waals surface area (Å²) in [5.41, 5.74) is 0. The van der Waals surface area contributed by atoms with Crippen LogP contribution in [-0.4, -0.2) is 36.0 Å². The van der Waals surface area contributed by atoms with Crippen LogP contribution in [0.2, 0.25) is 0 Å². The summed E-state index contributed by atoms with van der Waals surface area (Å²) in [6.45, 7) is 0.954. The van der Waals surface area contributed by atoms with E-state index in [0.717, 1.165) is 0 Å². The predicted octanol–water partition coefficient (Wildman–Crippen LogP) is -0.661. The van der Waals surface area contributed by atoms with Gasteiger partial charge in [-0.25, -0.2) is 0 Å². The maximum absolute atomic E-state index is 8.82. The van der Waals surface area contributed by atoms with Gasteiger partial charge in [0.15, 0.2) is 0 Å². The van der Waals surface area contributed by atoms with Crippen LogP contribution < -0.4 is 5.32 Å². The zero-order valence-corrected chi connectivity index (χ0v) is 6.08. The topological polar surface area (TPSA) is 52.5 Å². The Hall–Kier alpha value is -0.120. The van der Waals surface area contributed by atoms with Crippen molar-refractivity contribution in [2.45, 2.75) is 18.9 Å². The van der Waals surface area contributed by atoms with Gasteiger partial charge in [-0.1, -0.05) is 0 Å². The normalized spacial score (nSPS) is 21.0. The van der Waals surface area contributed by atoms with Crippen molar-refractivity contribution in [1.29, 1.82) is 0 Å². The van der Waals surface area contributed by atoms with Gasteiger partial charge in [-0.15, -0.1) is 0 Å². The van der Waals surface area contributed by atoms with Gasteiger partial charge in [0.1, 0.15) is 0 Å². The lowest BCUT2D eigenvalue weighted by Crippen LogP contribution is -2.36. The largest absolute Gasteiger partial charge is 0.395 e. The second kappa shape index (κ2) is 3.91. The second-order valence-corrected chi connectivity index (χ2v) is 2.80. The predicted molar refractivity (Wildman–Crippen MR) is 38.7 cm³/mol. The highest BCUT2D eigenvalue weighted by Gasteiger charge is 2.29. The molecule has 0 spiro atoms.